The molecule has 1 amide bonds. The van der Waals surface area contributed by atoms with Gasteiger partial charge in [-0.25, -0.2) is 0 Å². The van der Waals surface area contributed by atoms with Gasteiger partial charge in [-0.15, -0.1) is 0 Å². The predicted octanol–water partition coefficient (Wildman–Crippen LogP) is 2.93. The van der Waals surface area contributed by atoms with E-state index in [-0.39, 0.29) is 5.91 Å². The van der Waals surface area contributed by atoms with Crippen molar-refractivity contribution in [1.82, 2.24) is 5.32 Å². The minimum Gasteiger partial charge on any atom is -0.497 e. The summed E-state index contributed by atoms with van der Waals surface area (Å²) in [6, 6.07) is 7.94. The summed E-state index contributed by atoms with van der Waals surface area (Å²) in [5.74, 6) is 1.02. The van der Waals surface area contributed by atoms with Gasteiger partial charge in [-0.1, -0.05) is 31.9 Å². The van der Waals surface area contributed by atoms with Crippen LogP contribution in [0.5, 0.6) is 5.75 Å². The second kappa shape index (κ2) is 8.56. The zero-order valence-corrected chi connectivity index (χ0v) is 11.4. The van der Waals surface area contributed by atoms with Crippen molar-refractivity contribution in [3.05, 3.63) is 29.8 Å². The maximum Gasteiger partial charge on any atom is 0.220 e. The van der Waals surface area contributed by atoms with E-state index in [1.54, 1.807) is 7.11 Å². The van der Waals surface area contributed by atoms with Crippen LogP contribution in [-0.4, -0.2) is 19.6 Å². The van der Waals surface area contributed by atoms with E-state index in [1.165, 1.54) is 5.56 Å². The van der Waals surface area contributed by atoms with Crippen LogP contribution in [-0.2, 0) is 11.2 Å². The van der Waals surface area contributed by atoms with Crippen LogP contribution in [0.4, 0.5) is 0 Å². The van der Waals surface area contributed by atoms with Gasteiger partial charge in [0.25, 0.3) is 0 Å². The molecule has 1 rings (SSSR count). The molecule has 1 N–H and O–H groups in total. The highest BCUT2D eigenvalue weighted by Crippen LogP contribution is 2.12. The van der Waals surface area contributed by atoms with E-state index in [0.717, 1.165) is 31.4 Å². The Kier molecular flexibility index (Phi) is 6.92. The van der Waals surface area contributed by atoms with Crippen molar-refractivity contribution in [3.8, 4) is 5.75 Å². The van der Waals surface area contributed by atoms with Crippen molar-refractivity contribution < 1.29 is 9.53 Å². The van der Waals surface area contributed by atoms with Crippen molar-refractivity contribution >= 4 is 5.91 Å². The molecule has 1 aromatic rings. The third-order valence-corrected chi connectivity index (χ3v) is 2.88. The van der Waals surface area contributed by atoms with E-state index in [2.05, 4.69) is 12.2 Å². The van der Waals surface area contributed by atoms with Crippen LogP contribution >= 0.6 is 0 Å². The molecule has 3 heteroatoms. The molecule has 0 saturated heterocycles. The van der Waals surface area contributed by atoms with Gasteiger partial charge in [0.05, 0.1) is 7.11 Å². The average molecular weight is 249 g/mol. The van der Waals surface area contributed by atoms with Crippen molar-refractivity contribution in [1.29, 1.82) is 0 Å². The summed E-state index contributed by atoms with van der Waals surface area (Å²) in [6.07, 6.45) is 4.75. The summed E-state index contributed by atoms with van der Waals surface area (Å²) >= 11 is 0. The van der Waals surface area contributed by atoms with Gasteiger partial charge >= 0.3 is 0 Å². The fourth-order valence-corrected chi connectivity index (χ4v) is 1.80. The van der Waals surface area contributed by atoms with Crippen LogP contribution in [0.1, 0.15) is 38.2 Å². The molecule has 100 valence electrons. The number of hydrogen-bond acceptors (Lipinski definition) is 2. The number of amides is 1. The van der Waals surface area contributed by atoms with Gasteiger partial charge in [0.15, 0.2) is 0 Å². The molecule has 0 aliphatic rings. The summed E-state index contributed by atoms with van der Waals surface area (Å²) in [6.45, 7) is 2.83. The third-order valence-electron chi connectivity index (χ3n) is 2.88. The Balaban J connectivity index is 2.22. The van der Waals surface area contributed by atoms with Gasteiger partial charge in [-0.2, -0.15) is 0 Å². The molecular formula is C15H23NO2. The summed E-state index contributed by atoms with van der Waals surface area (Å²) in [5.41, 5.74) is 1.18. The van der Waals surface area contributed by atoms with Crippen molar-refractivity contribution in [2.75, 3.05) is 13.7 Å². The lowest BCUT2D eigenvalue weighted by Gasteiger charge is -2.06. The molecule has 0 heterocycles. The maximum atomic E-state index is 11.5. The molecule has 0 aliphatic heterocycles. The molecule has 0 spiro atoms. The molecular weight excluding hydrogens is 226 g/mol. The molecule has 3 nitrogen and oxygen atoms in total. The number of carbonyl (C=O) groups is 1. The number of unbranched alkanes of at least 4 members (excludes halogenated alkanes) is 2. The Bertz CT molecular complexity index is 363. The topological polar surface area (TPSA) is 38.3 Å². The number of hydrogen-bond donors (Lipinski definition) is 1. The summed E-state index contributed by atoms with van der Waals surface area (Å²) in [4.78, 5) is 11.5. The van der Waals surface area contributed by atoms with Crippen molar-refractivity contribution in [3.63, 3.8) is 0 Å². The second-order valence-corrected chi connectivity index (χ2v) is 4.41. The van der Waals surface area contributed by atoms with Gasteiger partial charge in [0.2, 0.25) is 5.91 Å². The van der Waals surface area contributed by atoms with Gasteiger partial charge in [-0.05, 0) is 30.5 Å². The Morgan fingerprint density at radius 3 is 2.89 bits per heavy atom. The van der Waals surface area contributed by atoms with E-state index < -0.39 is 0 Å². The minimum atomic E-state index is 0.159. The highest BCUT2D eigenvalue weighted by Gasteiger charge is 2.01. The number of rotatable bonds is 8. The van der Waals surface area contributed by atoms with Gasteiger partial charge < -0.3 is 10.1 Å². The maximum absolute atomic E-state index is 11.5. The van der Waals surface area contributed by atoms with Crippen LogP contribution in [0, 0.1) is 0 Å². The molecule has 0 saturated carbocycles. The molecule has 0 aliphatic carbocycles. The monoisotopic (exact) mass is 249 g/mol. The highest BCUT2D eigenvalue weighted by atomic mass is 16.5. The summed E-state index contributed by atoms with van der Waals surface area (Å²) < 4.78 is 5.16. The van der Waals surface area contributed by atoms with Gasteiger partial charge in [0, 0.05) is 13.0 Å². The van der Waals surface area contributed by atoms with Crippen molar-refractivity contribution in [2.45, 2.75) is 39.0 Å². The number of ether oxygens (including phenoxy) is 1. The molecule has 0 bridgehead atoms. The Labute approximate surface area is 110 Å². The smallest absolute Gasteiger partial charge is 0.220 e. The number of carbonyl (C=O) groups excluding carboxylic acids is 1. The molecule has 0 unspecified atom stereocenters. The lowest BCUT2D eigenvalue weighted by Crippen LogP contribution is -2.25. The van der Waals surface area contributed by atoms with Crippen LogP contribution in [0.2, 0.25) is 0 Å². The normalized spacial score (nSPS) is 10.1. The first-order valence-electron chi connectivity index (χ1n) is 6.66. The standard InChI is InChI=1S/C15H23NO2/c1-3-4-5-9-15(17)16-11-10-13-7-6-8-14(12-13)18-2/h6-8,12H,3-5,9-11H2,1-2H3,(H,16,17). The second-order valence-electron chi connectivity index (χ2n) is 4.41. The molecule has 0 aromatic heterocycles. The van der Waals surface area contributed by atoms with Gasteiger partial charge in [0.1, 0.15) is 5.75 Å². The zero-order valence-electron chi connectivity index (χ0n) is 11.4. The van der Waals surface area contributed by atoms with Crippen LogP contribution in [0.15, 0.2) is 24.3 Å². The summed E-state index contributed by atoms with van der Waals surface area (Å²) in [7, 11) is 1.66. The zero-order chi connectivity index (χ0) is 13.2. The average Bonchev–Trinajstić information content (AvgIpc) is 2.39. The Morgan fingerprint density at radius 2 is 2.17 bits per heavy atom. The molecule has 18 heavy (non-hydrogen) atoms. The SMILES string of the molecule is CCCCCC(=O)NCCc1cccc(OC)c1. The Hall–Kier alpha value is -1.51. The quantitative estimate of drug-likeness (QED) is 0.719. The molecule has 1 aromatic carbocycles. The van der Waals surface area contributed by atoms with Crippen LogP contribution < -0.4 is 10.1 Å². The first-order valence-corrected chi connectivity index (χ1v) is 6.66. The van der Waals surface area contributed by atoms with Crippen LogP contribution in [0.25, 0.3) is 0 Å². The van der Waals surface area contributed by atoms with E-state index in [9.17, 15) is 4.79 Å². The first kappa shape index (κ1) is 14.6. The number of methoxy groups -OCH3 is 1. The van der Waals surface area contributed by atoms with E-state index in [4.69, 9.17) is 4.74 Å². The van der Waals surface area contributed by atoms with E-state index in [0.29, 0.717) is 13.0 Å². The fraction of sp³-hybridized carbons (Fsp3) is 0.533. The number of benzene rings is 1. The number of nitrogens with one attached hydrogen (secondary N) is 1. The fourth-order valence-electron chi connectivity index (χ4n) is 1.80. The predicted molar refractivity (Wildman–Crippen MR) is 73.8 cm³/mol. The largest absolute Gasteiger partial charge is 0.497 e. The van der Waals surface area contributed by atoms with E-state index >= 15 is 0 Å². The lowest BCUT2D eigenvalue weighted by atomic mass is 10.1. The van der Waals surface area contributed by atoms with E-state index in [1.807, 2.05) is 24.3 Å². The first-order chi connectivity index (χ1) is 8.76. The van der Waals surface area contributed by atoms with Crippen molar-refractivity contribution in [2.24, 2.45) is 0 Å². The lowest BCUT2D eigenvalue weighted by molar-refractivity contribution is -0.121. The van der Waals surface area contributed by atoms with Crippen LogP contribution in [0.3, 0.4) is 0 Å². The molecule has 0 atom stereocenters. The minimum absolute atomic E-state index is 0.159. The third kappa shape index (κ3) is 5.71. The molecule has 0 fully saturated rings. The van der Waals surface area contributed by atoms with Gasteiger partial charge in [-0.3, -0.25) is 4.79 Å². The highest BCUT2D eigenvalue weighted by molar-refractivity contribution is 5.75. The Morgan fingerprint density at radius 1 is 1.33 bits per heavy atom. The molecule has 0 radical (unpaired) electrons. The summed E-state index contributed by atoms with van der Waals surface area (Å²) in [5, 5.41) is 2.95.